The molecular weight excluding hydrogens is 116 g/mol. The highest BCUT2D eigenvalue weighted by Crippen LogP contribution is 1.95. The number of carbonyl (C=O) groups is 1. The maximum absolute atomic E-state index is 10.7. The molecule has 0 aliphatic carbocycles. The first-order chi connectivity index (χ1) is 4.84. The van der Waals surface area contributed by atoms with Crippen molar-refractivity contribution < 1.29 is 6.21 Å². The van der Waals surface area contributed by atoms with Crippen molar-refractivity contribution >= 4 is 6.03 Å². The minimum absolute atomic E-state index is 0.402. The van der Waals surface area contributed by atoms with Gasteiger partial charge in [0.1, 0.15) is 0 Å². The van der Waals surface area contributed by atoms with Gasteiger partial charge in [-0.15, -0.1) is 0 Å². The standard InChI is InChI=1S/C6H8N2O/c7-6(9)8-4-2-1-3-5-8/h1-4H,5H2,(H2,7,9)/i/hD. The van der Waals surface area contributed by atoms with Gasteiger partial charge < -0.3 is 5.73 Å². The molecule has 0 radical (unpaired) electrons. The van der Waals surface area contributed by atoms with Crippen molar-refractivity contribution in [3.63, 3.8) is 0 Å². The summed E-state index contributed by atoms with van der Waals surface area (Å²) in [6.45, 7) is 0.543. The van der Waals surface area contributed by atoms with Crippen LogP contribution in [0, 0.1) is 0 Å². The van der Waals surface area contributed by atoms with Crippen LogP contribution in [0.4, 0.5) is 4.79 Å². The maximum atomic E-state index is 10.7. The third kappa shape index (κ3) is 1.32. The van der Waals surface area contributed by atoms with Gasteiger partial charge in [-0.3, -0.25) is 4.90 Å². The third-order valence-corrected chi connectivity index (χ3v) is 1.08. The molecule has 3 nitrogen and oxygen atoms in total. The molecule has 0 spiro atoms. The van der Waals surface area contributed by atoms with Crippen LogP contribution >= 0.6 is 0 Å². The highest BCUT2D eigenvalue weighted by molar-refractivity contribution is 5.73. The van der Waals surface area contributed by atoms with Crippen LogP contribution in [0.2, 0.25) is 1.41 Å². The fraction of sp³-hybridized carbons (Fsp3) is 0.167. The highest BCUT2D eigenvalue weighted by Gasteiger charge is 2.03. The van der Waals surface area contributed by atoms with E-state index in [-0.39, 0.29) is 0 Å². The van der Waals surface area contributed by atoms with Crippen molar-refractivity contribution in [2.24, 2.45) is 5.73 Å². The Morgan fingerprint density at radius 1 is 1.78 bits per heavy atom. The van der Waals surface area contributed by atoms with E-state index in [9.17, 15) is 4.79 Å². The van der Waals surface area contributed by atoms with Gasteiger partial charge in [-0.05, 0) is 6.08 Å². The van der Waals surface area contributed by atoms with Gasteiger partial charge in [0, 0.05) is 12.7 Å². The Labute approximate surface area is 54.9 Å². The highest BCUT2D eigenvalue weighted by atomic mass is 16.2. The summed E-state index contributed by atoms with van der Waals surface area (Å²) in [6.07, 6.45) is 7.07. The number of rotatable bonds is 0. The lowest BCUT2D eigenvalue weighted by Gasteiger charge is -2.14. The molecule has 0 bridgehead atoms. The molecule has 48 valence electrons. The lowest BCUT2D eigenvalue weighted by molar-refractivity contribution is 0.228. The first-order valence-electron chi connectivity index (χ1n) is 3.16. The summed E-state index contributed by atoms with van der Waals surface area (Å²) in [5.41, 5.74) is 1.79. The molecule has 0 saturated carbocycles. The molecule has 9 heavy (non-hydrogen) atoms. The van der Waals surface area contributed by atoms with E-state index in [2.05, 4.69) is 0 Å². The summed E-state index contributed by atoms with van der Waals surface area (Å²) in [5.74, 6) is 0. The van der Waals surface area contributed by atoms with Crippen molar-refractivity contribution in [2.45, 2.75) is 0 Å². The summed E-state index contributed by atoms with van der Waals surface area (Å²) < 4.78 is 6.55. The van der Waals surface area contributed by atoms with Gasteiger partial charge in [0.15, 0.2) is 1.41 Å². The fourth-order valence-corrected chi connectivity index (χ4v) is 0.618. The summed E-state index contributed by atoms with van der Waals surface area (Å²) >= 11 is 0. The zero-order valence-electron chi connectivity index (χ0n) is 5.87. The predicted octanol–water partition coefficient (Wildman–Crippen LogP) is 0.451. The topological polar surface area (TPSA) is 46.3 Å². The predicted molar refractivity (Wildman–Crippen MR) is 34.6 cm³/mol. The van der Waals surface area contributed by atoms with Crippen LogP contribution in [0.5, 0.6) is 0 Å². The number of primary amides is 1. The molecule has 2 amide bonds. The quantitative estimate of drug-likeness (QED) is 0.502. The smallest absolute Gasteiger partial charge is 0.319 e. The molecule has 0 aromatic rings. The molecule has 0 saturated heterocycles. The maximum Gasteiger partial charge on any atom is 0.319 e. The van der Waals surface area contributed by atoms with E-state index in [0.29, 0.717) is 6.54 Å². The van der Waals surface area contributed by atoms with Gasteiger partial charge in [-0.2, -0.15) is 0 Å². The first kappa shape index (κ1) is 4.61. The van der Waals surface area contributed by atoms with Crippen molar-refractivity contribution in [1.29, 1.82) is 0 Å². The van der Waals surface area contributed by atoms with E-state index in [0.717, 1.165) is 0 Å². The van der Waals surface area contributed by atoms with Gasteiger partial charge in [0.2, 0.25) is 0 Å². The monoisotopic (exact) mass is 125 g/mol. The molecule has 0 unspecified atom stereocenters. The number of nitrogens with two attached hydrogens (primary N) is 1. The Morgan fingerprint density at radius 3 is 3.22 bits per heavy atom. The first-order valence-corrected chi connectivity index (χ1v) is 2.66. The number of hydrogen-bond donors (Lipinski definition) is 1. The summed E-state index contributed by atoms with van der Waals surface area (Å²) in [7, 11) is 0. The van der Waals surface area contributed by atoms with E-state index in [4.69, 9.17) is 1.41 Å². The normalized spacial score (nSPS) is 17.3. The van der Waals surface area contributed by atoms with Crippen LogP contribution in [0.3, 0.4) is 0 Å². The zero-order chi connectivity index (χ0) is 7.40. The van der Waals surface area contributed by atoms with Crippen molar-refractivity contribution in [3.8, 4) is 0 Å². The van der Waals surface area contributed by atoms with Crippen molar-refractivity contribution in [1.82, 2.24) is 4.90 Å². The van der Waals surface area contributed by atoms with E-state index in [1.165, 1.54) is 4.90 Å². The largest absolute Gasteiger partial charge is 0.351 e. The van der Waals surface area contributed by atoms with Crippen LogP contribution in [-0.4, -0.2) is 17.5 Å². The summed E-state index contributed by atoms with van der Waals surface area (Å²) in [5, 5.41) is 0. The molecule has 1 aliphatic rings. The molecular formula is C6H8N2O. The molecule has 0 aromatic heterocycles. The Kier molecular flexibility index (Phi) is 1.20. The molecule has 1 heterocycles. The lowest BCUT2D eigenvalue weighted by Crippen LogP contribution is -2.31. The van der Waals surface area contributed by atoms with Gasteiger partial charge in [-0.25, -0.2) is 4.79 Å². The zero-order valence-corrected chi connectivity index (χ0v) is 4.87. The molecule has 2 N–H and O–H groups in total. The molecule has 0 aromatic carbocycles. The number of nitrogens with zero attached hydrogens (tertiary/aromatic N) is 1. The number of amides is 2. The van der Waals surface area contributed by atoms with E-state index in [1.807, 2.05) is 12.2 Å². The number of allylic oxidation sites excluding steroid dienone is 2. The van der Waals surface area contributed by atoms with Gasteiger partial charge >= 0.3 is 6.03 Å². The average molecular weight is 125 g/mol. The van der Waals surface area contributed by atoms with Gasteiger partial charge in [-0.1, -0.05) is 12.2 Å². The Balaban J connectivity index is 2.51. The van der Waals surface area contributed by atoms with Gasteiger partial charge in [0.05, 0.1) is 0 Å². The van der Waals surface area contributed by atoms with E-state index >= 15 is 0 Å². The molecule has 0 atom stereocenters. The molecule has 3 heteroatoms. The van der Waals surface area contributed by atoms with Gasteiger partial charge in [0.25, 0.3) is 0 Å². The second-order valence-corrected chi connectivity index (χ2v) is 1.73. The molecule has 0 fully saturated rings. The number of carbonyl (C=O) groups excluding carboxylic acids is 1. The Hall–Kier alpha value is -1.25. The number of urea groups is 1. The third-order valence-electron chi connectivity index (χ3n) is 1.08. The van der Waals surface area contributed by atoms with E-state index < -0.39 is 6.03 Å². The second kappa shape index (κ2) is 2.35. The van der Waals surface area contributed by atoms with Crippen LogP contribution in [0.25, 0.3) is 0 Å². The minimum Gasteiger partial charge on any atom is -0.351 e. The van der Waals surface area contributed by atoms with Crippen LogP contribution in [-0.2, 0) is 0 Å². The molecule has 1 rings (SSSR count). The fourth-order valence-electron chi connectivity index (χ4n) is 0.618. The van der Waals surface area contributed by atoms with Crippen molar-refractivity contribution in [2.75, 3.05) is 6.54 Å². The van der Waals surface area contributed by atoms with E-state index in [1.54, 1.807) is 18.0 Å². The van der Waals surface area contributed by atoms with Crippen LogP contribution in [0.1, 0.15) is 0 Å². The Morgan fingerprint density at radius 2 is 2.67 bits per heavy atom. The minimum atomic E-state index is -0.402. The van der Waals surface area contributed by atoms with Crippen LogP contribution < -0.4 is 5.73 Å². The average Bonchev–Trinajstić information content (AvgIpc) is 2.05. The lowest BCUT2D eigenvalue weighted by atomic mass is 10.4. The summed E-state index contributed by atoms with van der Waals surface area (Å²) in [4.78, 5) is 12.1. The van der Waals surface area contributed by atoms with Crippen LogP contribution in [0.15, 0.2) is 24.4 Å². The second-order valence-electron chi connectivity index (χ2n) is 1.73. The number of hydrogen-bond acceptors (Lipinski definition) is 1. The van der Waals surface area contributed by atoms with Crippen molar-refractivity contribution in [3.05, 3.63) is 24.4 Å². The summed E-state index contributed by atoms with van der Waals surface area (Å²) in [6, 6.07) is -0.402. The Bertz CT molecular complexity index is 188. The SMILES string of the molecule is [2H]NC(=O)N1C=CC=CC1. The molecule has 1 aliphatic heterocycles.